The van der Waals surface area contributed by atoms with E-state index in [0.29, 0.717) is 22.2 Å². The number of carbonyl (C=O) groups is 1. The van der Waals surface area contributed by atoms with Gasteiger partial charge in [0.1, 0.15) is 29.1 Å². The number of nitrogens with one attached hydrogen (secondary N) is 2. The zero-order valence-corrected chi connectivity index (χ0v) is 22.1. The highest BCUT2D eigenvalue weighted by molar-refractivity contribution is 7.80. The molecule has 5 rings (SSSR count). The minimum absolute atomic E-state index is 0.0331. The molecule has 2 aromatic carbocycles. The summed E-state index contributed by atoms with van der Waals surface area (Å²) in [7, 11) is 1.43. The number of thiocarbonyl (C=S) groups is 1. The van der Waals surface area contributed by atoms with Gasteiger partial charge in [-0.05, 0) is 54.7 Å². The Bertz CT molecular complexity index is 1560. The average molecular weight is 562 g/mol. The Morgan fingerprint density at radius 3 is 2.73 bits per heavy atom. The van der Waals surface area contributed by atoms with E-state index in [2.05, 4.69) is 15.6 Å². The van der Waals surface area contributed by atoms with E-state index in [1.165, 1.54) is 31.4 Å². The van der Waals surface area contributed by atoms with Crippen molar-refractivity contribution in [1.82, 2.24) is 15.2 Å². The number of ether oxygens (including phenoxy) is 1. The normalized spacial score (nSPS) is 16.4. The van der Waals surface area contributed by atoms with Crippen LogP contribution in [0.5, 0.6) is 5.75 Å². The highest BCUT2D eigenvalue weighted by Gasteiger charge is 2.41. The van der Waals surface area contributed by atoms with Gasteiger partial charge in [0.05, 0.1) is 41.1 Å². The molecule has 0 spiro atoms. The van der Waals surface area contributed by atoms with Crippen molar-refractivity contribution in [1.29, 1.82) is 0 Å². The molecule has 2 atom stereocenters. The number of nitro groups is 1. The number of nitro benzene ring substituents is 1. The summed E-state index contributed by atoms with van der Waals surface area (Å²) in [6, 6.07) is 18.5. The topological polar surface area (TPSA) is 123 Å². The third-order valence-corrected chi connectivity index (χ3v) is 6.86. The molecule has 3 heterocycles. The van der Waals surface area contributed by atoms with Gasteiger partial charge in [-0.25, -0.2) is 4.39 Å². The number of nitrogens with zero attached hydrogens (tertiary/aromatic N) is 3. The molecule has 12 heteroatoms. The van der Waals surface area contributed by atoms with E-state index < -0.39 is 16.8 Å². The van der Waals surface area contributed by atoms with E-state index in [4.69, 9.17) is 21.4 Å². The number of anilines is 1. The molecular formula is C28H24FN5O5S. The lowest BCUT2D eigenvalue weighted by Crippen LogP contribution is -2.32. The van der Waals surface area contributed by atoms with Crippen molar-refractivity contribution in [3.05, 3.63) is 106 Å². The summed E-state index contributed by atoms with van der Waals surface area (Å²) in [6.07, 6.45) is 1.71. The van der Waals surface area contributed by atoms with Crippen molar-refractivity contribution >= 4 is 34.6 Å². The first-order chi connectivity index (χ1) is 19.4. The number of hydrogen-bond donors (Lipinski definition) is 2. The molecule has 40 heavy (non-hydrogen) atoms. The van der Waals surface area contributed by atoms with E-state index >= 15 is 0 Å². The molecular weight excluding hydrogens is 537 g/mol. The van der Waals surface area contributed by atoms with Gasteiger partial charge in [-0.15, -0.1) is 0 Å². The Labute approximate surface area is 233 Å². The third-order valence-electron chi connectivity index (χ3n) is 6.51. The second-order valence-corrected chi connectivity index (χ2v) is 9.33. The molecule has 2 N–H and O–H groups in total. The first-order valence-corrected chi connectivity index (χ1v) is 12.7. The van der Waals surface area contributed by atoms with Crippen molar-refractivity contribution in [3.63, 3.8) is 0 Å². The third kappa shape index (κ3) is 5.47. The minimum atomic E-state index is -0.521. The van der Waals surface area contributed by atoms with E-state index in [-0.39, 0.29) is 42.0 Å². The number of methoxy groups -OCH3 is 1. The maximum absolute atomic E-state index is 14.0. The number of amides is 1. The molecule has 204 valence electrons. The molecule has 1 fully saturated rings. The van der Waals surface area contributed by atoms with Crippen LogP contribution in [-0.2, 0) is 4.79 Å². The van der Waals surface area contributed by atoms with E-state index in [9.17, 15) is 19.3 Å². The summed E-state index contributed by atoms with van der Waals surface area (Å²) in [6.45, 7) is 0.219. The van der Waals surface area contributed by atoms with Crippen molar-refractivity contribution in [2.24, 2.45) is 0 Å². The molecule has 0 unspecified atom stereocenters. The fourth-order valence-electron chi connectivity index (χ4n) is 4.61. The molecule has 0 radical (unpaired) electrons. The average Bonchev–Trinajstić information content (AvgIpc) is 3.57. The molecule has 0 saturated carbocycles. The molecule has 1 amide bonds. The number of halogens is 1. The van der Waals surface area contributed by atoms with Gasteiger partial charge in [0.15, 0.2) is 5.11 Å². The zero-order valence-electron chi connectivity index (χ0n) is 21.2. The Balaban J connectivity index is 1.43. The standard InChI is InChI=1S/C28H24FN5O5S/c1-38-24-16-17(34(36)37)9-10-18(24)22-11-12-23(39-22)27-26(21-8-4-5-14-30-21)32-28(40)33(27)15-13-25(35)31-20-7-3-2-6-19(20)29/h2-12,14,16,26-27H,13,15H2,1H3,(H,31,35)(H,32,40)/t26-,27-/m1/s1. The predicted octanol–water partition coefficient (Wildman–Crippen LogP) is 5.40. The van der Waals surface area contributed by atoms with Crippen LogP contribution in [-0.4, -0.2) is 39.5 Å². The maximum atomic E-state index is 14.0. The van der Waals surface area contributed by atoms with Crippen LogP contribution in [0.2, 0.25) is 0 Å². The molecule has 1 aliphatic heterocycles. The van der Waals surface area contributed by atoms with Crippen molar-refractivity contribution in [2.75, 3.05) is 19.0 Å². The van der Waals surface area contributed by atoms with E-state index in [1.54, 1.807) is 36.5 Å². The monoisotopic (exact) mass is 561 g/mol. The predicted molar refractivity (Wildman–Crippen MR) is 149 cm³/mol. The summed E-state index contributed by atoms with van der Waals surface area (Å²) >= 11 is 5.65. The van der Waals surface area contributed by atoms with Gasteiger partial charge in [-0.3, -0.25) is 19.9 Å². The highest BCUT2D eigenvalue weighted by atomic mass is 32.1. The summed E-state index contributed by atoms with van der Waals surface area (Å²) in [5.41, 5.74) is 1.26. The lowest BCUT2D eigenvalue weighted by Gasteiger charge is -2.25. The Hall–Kier alpha value is -4.84. The number of para-hydroxylation sites is 1. The SMILES string of the molecule is COc1cc([N+](=O)[O-])ccc1-c1ccc([C@@H]2[C@@H](c3ccccn3)NC(=S)N2CCC(=O)Nc2ccccc2F)o1. The second kappa shape index (κ2) is 11.5. The number of hydrogen-bond acceptors (Lipinski definition) is 7. The molecule has 10 nitrogen and oxygen atoms in total. The number of furan rings is 1. The van der Waals surface area contributed by atoms with Gasteiger partial charge in [-0.1, -0.05) is 18.2 Å². The first kappa shape index (κ1) is 26.8. The largest absolute Gasteiger partial charge is 0.496 e. The summed E-state index contributed by atoms with van der Waals surface area (Å²) in [4.78, 5) is 29.7. The van der Waals surface area contributed by atoms with Crippen LogP contribution in [0.4, 0.5) is 15.8 Å². The lowest BCUT2D eigenvalue weighted by molar-refractivity contribution is -0.384. The molecule has 1 saturated heterocycles. The van der Waals surface area contributed by atoms with Crippen LogP contribution in [0.15, 0.2) is 83.4 Å². The highest BCUT2D eigenvalue weighted by Crippen LogP contribution is 2.42. The lowest BCUT2D eigenvalue weighted by atomic mass is 10.0. The number of benzene rings is 2. The van der Waals surface area contributed by atoms with Crippen LogP contribution >= 0.6 is 12.2 Å². The van der Waals surface area contributed by atoms with Crippen LogP contribution < -0.4 is 15.4 Å². The first-order valence-electron chi connectivity index (χ1n) is 12.3. The van der Waals surface area contributed by atoms with Gasteiger partial charge in [0, 0.05) is 25.2 Å². The summed E-state index contributed by atoms with van der Waals surface area (Å²) in [5.74, 6) is 0.374. The fourth-order valence-corrected chi connectivity index (χ4v) is 4.94. The zero-order chi connectivity index (χ0) is 28.2. The van der Waals surface area contributed by atoms with E-state index in [0.717, 1.165) is 5.69 Å². The van der Waals surface area contributed by atoms with Crippen molar-refractivity contribution in [2.45, 2.75) is 18.5 Å². The maximum Gasteiger partial charge on any atom is 0.273 e. The van der Waals surface area contributed by atoms with Crippen LogP contribution in [0.3, 0.4) is 0 Å². The Morgan fingerprint density at radius 1 is 1.20 bits per heavy atom. The summed E-state index contributed by atoms with van der Waals surface area (Å²) in [5, 5.41) is 17.5. The number of carbonyl (C=O) groups excluding carboxylic acids is 1. The quantitative estimate of drug-likeness (QED) is 0.157. The number of non-ortho nitro benzene ring substituents is 1. The van der Waals surface area contributed by atoms with Gasteiger partial charge in [-0.2, -0.15) is 0 Å². The molecule has 2 aromatic heterocycles. The van der Waals surface area contributed by atoms with Crippen LogP contribution in [0.1, 0.15) is 30.0 Å². The fraction of sp³-hybridized carbons (Fsp3) is 0.179. The Morgan fingerprint density at radius 2 is 2.00 bits per heavy atom. The van der Waals surface area contributed by atoms with Gasteiger partial charge >= 0.3 is 0 Å². The van der Waals surface area contributed by atoms with Gasteiger partial charge in [0.25, 0.3) is 5.69 Å². The van der Waals surface area contributed by atoms with E-state index in [1.807, 2.05) is 23.1 Å². The molecule has 0 aliphatic carbocycles. The number of rotatable bonds is 9. The number of pyridine rings is 1. The summed E-state index contributed by atoms with van der Waals surface area (Å²) < 4.78 is 25.7. The number of aromatic nitrogens is 1. The van der Waals surface area contributed by atoms with Crippen molar-refractivity contribution in [3.8, 4) is 17.1 Å². The van der Waals surface area contributed by atoms with Crippen LogP contribution in [0, 0.1) is 15.9 Å². The molecule has 0 bridgehead atoms. The van der Waals surface area contributed by atoms with Crippen LogP contribution in [0.25, 0.3) is 11.3 Å². The second-order valence-electron chi connectivity index (χ2n) is 8.94. The smallest absolute Gasteiger partial charge is 0.273 e. The van der Waals surface area contributed by atoms with Gasteiger partial charge < -0.3 is 24.7 Å². The Kier molecular flexibility index (Phi) is 7.69. The van der Waals surface area contributed by atoms with Gasteiger partial charge in [0.2, 0.25) is 5.91 Å². The minimum Gasteiger partial charge on any atom is -0.496 e. The molecule has 4 aromatic rings. The van der Waals surface area contributed by atoms with Crippen molar-refractivity contribution < 1.29 is 23.3 Å². The molecule has 1 aliphatic rings.